The molecule has 88 valence electrons. The highest BCUT2D eigenvalue weighted by Gasteiger charge is 2.17. The average Bonchev–Trinajstić information content (AvgIpc) is 2.75. The predicted molar refractivity (Wildman–Crippen MR) is 64.1 cm³/mol. The Morgan fingerprint density at radius 1 is 1.69 bits per heavy atom. The molecule has 0 aliphatic rings. The van der Waals surface area contributed by atoms with Crippen molar-refractivity contribution in [2.24, 2.45) is 10.9 Å². The lowest BCUT2D eigenvalue weighted by molar-refractivity contribution is 0.0817. The molecule has 1 amide bonds. The predicted octanol–water partition coefficient (Wildman–Crippen LogP) is 1.13. The van der Waals surface area contributed by atoms with E-state index in [2.05, 4.69) is 5.16 Å². The molecule has 1 aromatic rings. The number of hydrogen-bond acceptors (Lipinski definition) is 4. The van der Waals surface area contributed by atoms with E-state index < -0.39 is 0 Å². The van der Waals surface area contributed by atoms with Crippen LogP contribution in [-0.2, 0) is 6.42 Å². The molecule has 1 aromatic heterocycles. The first-order chi connectivity index (χ1) is 7.60. The molecule has 0 fully saturated rings. The highest BCUT2D eigenvalue weighted by Crippen LogP contribution is 2.18. The molecule has 0 aliphatic carbocycles. The molecule has 0 saturated carbocycles. The van der Waals surface area contributed by atoms with Crippen LogP contribution in [0.2, 0.25) is 0 Å². The normalized spacial score (nSPS) is 11.5. The van der Waals surface area contributed by atoms with Gasteiger partial charge in [-0.2, -0.15) is 0 Å². The van der Waals surface area contributed by atoms with Crippen molar-refractivity contribution in [3.63, 3.8) is 0 Å². The maximum Gasteiger partial charge on any atom is 0.264 e. The van der Waals surface area contributed by atoms with Gasteiger partial charge >= 0.3 is 0 Å². The first-order valence-corrected chi connectivity index (χ1v) is 5.76. The molecular weight excluding hydrogens is 226 g/mol. The topological polar surface area (TPSA) is 78.9 Å². The van der Waals surface area contributed by atoms with Crippen molar-refractivity contribution in [2.75, 3.05) is 13.6 Å². The Hall–Kier alpha value is -1.56. The van der Waals surface area contributed by atoms with Crippen molar-refractivity contribution >= 4 is 23.1 Å². The summed E-state index contributed by atoms with van der Waals surface area (Å²) in [5.41, 5.74) is 6.37. The molecule has 5 nitrogen and oxygen atoms in total. The minimum absolute atomic E-state index is 0.0189. The molecule has 3 N–H and O–H groups in total. The zero-order valence-corrected chi connectivity index (χ0v) is 10.1. The van der Waals surface area contributed by atoms with Gasteiger partial charge in [0.2, 0.25) is 0 Å². The molecule has 0 aliphatic heterocycles. The van der Waals surface area contributed by atoms with Crippen molar-refractivity contribution in [3.8, 4) is 0 Å². The molecule has 0 saturated heterocycles. The molecule has 0 atom stereocenters. The maximum absolute atomic E-state index is 12.0. The fourth-order valence-electron chi connectivity index (χ4n) is 1.32. The third kappa shape index (κ3) is 2.73. The highest BCUT2D eigenvalue weighted by molar-refractivity contribution is 7.12. The molecule has 0 spiro atoms. The Morgan fingerprint density at radius 2 is 2.38 bits per heavy atom. The summed E-state index contributed by atoms with van der Waals surface area (Å²) in [6, 6.07) is 1.94. The fourth-order valence-corrected chi connectivity index (χ4v) is 2.31. The van der Waals surface area contributed by atoms with Crippen molar-refractivity contribution in [3.05, 3.63) is 21.9 Å². The Labute approximate surface area is 98.2 Å². The zero-order chi connectivity index (χ0) is 12.1. The number of rotatable bonds is 4. The lowest BCUT2D eigenvalue weighted by Gasteiger charge is -2.15. The average molecular weight is 241 g/mol. The monoisotopic (exact) mass is 241 g/mol. The number of nitrogens with zero attached hydrogens (tertiary/aromatic N) is 2. The van der Waals surface area contributed by atoms with E-state index in [0.717, 1.165) is 16.9 Å². The minimum Gasteiger partial charge on any atom is -0.409 e. The summed E-state index contributed by atoms with van der Waals surface area (Å²) in [6.07, 6.45) is 0.821. The van der Waals surface area contributed by atoms with Crippen LogP contribution >= 0.6 is 11.3 Å². The number of likely N-dealkylation sites (N-methyl/N-ethyl adjacent to an activating group) is 1. The third-order valence-electron chi connectivity index (χ3n) is 2.20. The van der Waals surface area contributed by atoms with Gasteiger partial charge in [-0.25, -0.2) is 0 Å². The van der Waals surface area contributed by atoms with Gasteiger partial charge in [-0.15, -0.1) is 11.3 Å². The largest absolute Gasteiger partial charge is 0.409 e. The van der Waals surface area contributed by atoms with Crippen molar-refractivity contribution in [1.82, 2.24) is 4.90 Å². The molecule has 0 unspecified atom stereocenters. The summed E-state index contributed by atoms with van der Waals surface area (Å²) in [5.74, 6) is -0.0797. The summed E-state index contributed by atoms with van der Waals surface area (Å²) in [7, 11) is 1.62. The van der Waals surface area contributed by atoms with Crippen LogP contribution in [-0.4, -0.2) is 35.4 Å². The number of hydrogen-bond donors (Lipinski definition) is 2. The second-order valence-corrected chi connectivity index (χ2v) is 4.30. The third-order valence-corrected chi connectivity index (χ3v) is 3.14. The highest BCUT2D eigenvalue weighted by atomic mass is 32.1. The van der Waals surface area contributed by atoms with Gasteiger partial charge in [0, 0.05) is 7.05 Å². The molecule has 0 aromatic carbocycles. The van der Waals surface area contributed by atoms with Crippen LogP contribution in [0.3, 0.4) is 0 Å². The van der Waals surface area contributed by atoms with Gasteiger partial charge in [0.25, 0.3) is 5.91 Å². The Morgan fingerprint density at radius 3 is 2.94 bits per heavy atom. The number of oxime groups is 1. The van der Waals surface area contributed by atoms with Gasteiger partial charge in [-0.05, 0) is 23.4 Å². The maximum atomic E-state index is 12.0. The fraction of sp³-hybridized carbons (Fsp3) is 0.400. The molecule has 1 rings (SSSR count). The number of nitrogens with two attached hydrogens (primary N) is 1. The number of amides is 1. The van der Waals surface area contributed by atoms with Crippen molar-refractivity contribution in [2.45, 2.75) is 13.3 Å². The van der Waals surface area contributed by atoms with E-state index in [0.29, 0.717) is 0 Å². The van der Waals surface area contributed by atoms with Crippen LogP contribution in [0.5, 0.6) is 0 Å². The summed E-state index contributed by atoms with van der Waals surface area (Å²) in [6.45, 7) is 2.12. The molecule has 16 heavy (non-hydrogen) atoms. The summed E-state index contributed by atoms with van der Waals surface area (Å²) < 4.78 is 0. The lowest BCUT2D eigenvalue weighted by atomic mass is 10.2. The second kappa shape index (κ2) is 5.50. The lowest BCUT2D eigenvalue weighted by Crippen LogP contribution is -2.35. The van der Waals surface area contributed by atoms with E-state index in [1.807, 2.05) is 18.4 Å². The number of thiophene rings is 1. The first-order valence-electron chi connectivity index (χ1n) is 4.88. The second-order valence-electron chi connectivity index (χ2n) is 3.38. The Balaban J connectivity index is 2.78. The van der Waals surface area contributed by atoms with Crippen molar-refractivity contribution in [1.29, 1.82) is 0 Å². The van der Waals surface area contributed by atoms with E-state index in [9.17, 15) is 4.79 Å². The molecule has 6 heteroatoms. The molecule has 0 bridgehead atoms. The van der Waals surface area contributed by atoms with Gasteiger partial charge in [-0.3, -0.25) is 4.79 Å². The Kier molecular flexibility index (Phi) is 4.30. The number of amidine groups is 1. The molecule has 1 heterocycles. The van der Waals surface area contributed by atoms with Crippen LogP contribution in [0.4, 0.5) is 0 Å². The van der Waals surface area contributed by atoms with E-state index in [4.69, 9.17) is 10.9 Å². The number of carbonyl (C=O) groups is 1. The summed E-state index contributed by atoms with van der Waals surface area (Å²) in [4.78, 5) is 14.1. The van der Waals surface area contributed by atoms with Gasteiger partial charge < -0.3 is 15.8 Å². The first kappa shape index (κ1) is 12.5. The van der Waals surface area contributed by atoms with Gasteiger partial charge in [0.1, 0.15) is 0 Å². The van der Waals surface area contributed by atoms with E-state index >= 15 is 0 Å². The van der Waals surface area contributed by atoms with Crippen molar-refractivity contribution < 1.29 is 10.0 Å². The number of carbonyl (C=O) groups excluding carboxylic acids is 1. The van der Waals surface area contributed by atoms with Crippen LogP contribution in [0.1, 0.15) is 22.2 Å². The van der Waals surface area contributed by atoms with Crippen LogP contribution in [0.15, 0.2) is 16.6 Å². The van der Waals surface area contributed by atoms with E-state index in [1.54, 1.807) is 7.05 Å². The standard InChI is InChI=1S/C10H15N3O2S/c1-3-7-4-5-16-9(7)10(14)13(2)6-8(11)12-15/h4-5,15H,3,6H2,1-2H3,(H2,11,12). The zero-order valence-electron chi connectivity index (χ0n) is 9.30. The van der Waals surface area contributed by atoms with Crippen LogP contribution in [0, 0.1) is 0 Å². The van der Waals surface area contributed by atoms with Gasteiger partial charge in [-0.1, -0.05) is 12.1 Å². The van der Waals surface area contributed by atoms with Crippen LogP contribution < -0.4 is 5.73 Å². The quantitative estimate of drug-likeness (QED) is 0.359. The summed E-state index contributed by atoms with van der Waals surface area (Å²) >= 11 is 1.41. The SMILES string of the molecule is CCc1ccsc1C(=O)N(C)CC(N)=NO. The van der Waals surface area contributed by atoms with Crippen LogP contribution in [0.25, 0.3) is 0 Å². The van der Waals surface area contributed by atoms with Gasteiger partial charge in [0.05, 0.1) is 11.4 Å². The van der Waals surface area contributed by atoms with E-state index in [-0.39, 0.29) is 18.3 Å². The summed E-state index contributed by atoms with van der Waals surface area (Å²) in [5, 5.41) is 13.2. The minimum atomic E-state index is -0.0987. The molecule has 0 radical (unpaired) electrons. The smallest absolute Gasteiger partial charge is 0.264 e. The molecular formula is C10H15N3O2S. The van der Waals surface area contributed by atoms with E-state index in [1.165, 1.54) is 16.2 Å². The van der Waals surface area contributed by atoms with Gasteiger partial charge in [0.15, 0.2) is 5.84 Å². The Bertz CT molecular complexity index is 401. The number of aryl methyl sites for hydroxylation is 1.